The Labute approximate surface area is 125 Å². The van der Waals surface area contributed by atoms with Crippen LogP contribution < -0.4 is 0 Å². The fourth-order valence-corrected chi connectivity index (χ4v) is 3.76. The smallest absolute Gasteiger partial charge is 0.333 e. The molecule has 0 aromatic carbocycles. The summed E-state index contributed by atoms with van der Waals surface area (Å²) in [6, 6.07) is 0. The summed E-state index contributed by atoms with van der Waals surface area (Å²) < 4.78 is 36.4. The van der Waals surface area contributed by atoms with Crippen LogP contribution in [0.25, 0.3) is 0 Å². The van der Waals surface area contributed by atoms with Crippen molar-refractivity contribution in [3.63, 3.8) is 0 Å². The van der Waals surface area contributed by atoms with Gasteiger partial charge in [-0.25, -0.2) is 9.00 Å². The van der Waals surface area contributed by atoms with Crippen LogP contribution in [0.3, 0.4) is 0 Å². The molecule has 21 heavy (non-hydrogen) atoms. The van der Waals surface area contributed by atoms with Crippen molar-refractivity contribution in [2.24, 2.45) is 17.8 Å². The van der Waals surface area contributed by atoms with E-state index < -0.39 is 41.4 Å². The van der Waals surface area contributed by atoms with Crippen LogP contribution in [0, 0.1) is 17.8 Å². The van der Waals surface area contributed by atoms with Crippen molar-refractivity contribution in [1.29, 1.82) is 0 Å². The number of carbonyl (C=O) groups excluding carboxylic acids is 2. The third kappa shape index (κ3) is 3.17. The Balaban J connectivity index is 2.14. The van der Waals surface area contributed by atoms with Gasteiger partial charge in [-0.2, -0.15) is 0 Å². The number of hydrogen-bond acceptors (Lipinski definition) is 7. The molecule has 0 aromatic heterocycles. The van der Waals surface area contributed by atoms with Crippen molar-refractivity contribution >= 4 is 23.3 Å². The number of esters is 2. The highest BCUT2D eigenvalue weighted by Gasteiger charge is 2.58. The lowest BCUT2D eigenvalue weighted by atomic mass is 9.84. The first kappa shape index (κ1) is 16.1. The minimum atomic E-state index is -2.71. The highest BCUT2D eigenvalue weighted by atomic mass is 32.2. The lowest BCUT2D eigenvalue weighted by molar-refractivity contribution is -0.161. The Hall–Kier alpha value is -1.25. The van der Waals surface area contributed by atoms with E-state index in [1.54, 1.807) is 6.92 Å². The summed E-state index contributed by atoms with van der Waals surface area (Å²) in [6.45, 7) is 5.05. The highest BCUT2D eigenvalue weighted by Crippen LogP contribution is 2.51. The zero-order chi connectivity index (χ0) is 15.7. The van der Waals surface area contributed by atoms with Crippen LogP contribution in [0.15, 0.2) is 12.2 Å². The van der Waals surface area contributed by atoms with Crippen molar-refractivity contribution in [3.05, 3.63) is 12.2 Å². The fourth-order valence-electron chi connectivity index (χ4n) is 3.30. The molecule has 118 valence electrons. The van der Waals surface area contributed by atoms with Gasteiger partial charge in [-0.05, 0) is 25.7 Å². The van der Waals surface area contributed by atoms with Crippen molar-refractivity contribution in [1.82, 2.24) is 0 Å². The monoisotopic (exact) mass is 317 g/mol. The minimum absolute atomic E-state index is 0.153. The molecule has 7 nitrogen and oxygen atoms in total. The van der Waals surface area contributed by atoms with E-state index in [1.807, 2.05) is 0 Å². The van der Waals surface area contributed by atoms with Crippen molar-refractivity contribution in [2.45, 2.75) is 32.0 Å². The van der Waals surface area contributed by atoms with Gasteiger partial charge in [0.2, 0.25) is 0 Å². The van der Waals surface area contributed by atoms with E-state index in [4.69, 9.17) is 13.7 Å². The quantitative estimate of drug-likeness (QED) is 0.413. The van der Waals surface area contributed by atoms with Gasteiger partial charge in [-0.3, -0.25) is 8.98 Å². The molecule has 0 amide bonds. The van der Waals surface area contributed by atoms with Crippen molar-refractivity contribution in [3.8, 4) is 0 Å². The van der Waals surface area contributed by atoms with Gasteiger partial charge in [-0.15, -0.1) is 0 Å². The number of rotatable bonds is 5. The van der Waals surface area contributed by atoms with Crippen LogP contribution in [0.1, 0.15) is 19.8 Å². The lowest BCUT2D eigenvalue weighted by Crippen LogP contribution is -2.43. The van der Waals surface area contributed by atoms with Gasteiger partial charge < -0.3 is 14.0 Å². The third-order valence-corrected chi connectivity index (χ3v) is 4.52. The van der Waals surface area contributed by atoms with E-state index in [0.717, 1.165) is 0 Å². The molecule has 0 N–H and O–H groups in total. The number of methoxy groups -OCH3 is 1. The first-order valence-electron chi connectivity index (χ1n) is 6.55. The van der Waals surface area contributed by atoms with Gasteiger partial charge in [0.25, 0.3) is 0 Å². The molecule has 0 radical (unpaired) electrons. The predicted octanol–water partition coefficient (Wildman–Crippen LogP) is 0.483. The maximum absolute atomic E-state index is 11.9. The molecule has 2 bridgehead atoms. The van der Waals surface area contributed by atoms with Crippen LogP contribution >= 0.6 is 0 Å². The minimum Gasteiger partial charge on any atom is -0.750 e. The molecule has 2 rings (SSSR count). The van der Waals surface area contributed by atoms with Gasteiger partial charge in [0.05, 0.1) is 30.5 Å². The Morgan fingerprint density at radius 3 is 2.52 bits per heavy atom. The summed E-state index contributed by atoms with van der Waals surface area (Å²) in [5, 5.41) is 0. The number of carbonyl (C=O) groups is 2. The van der Waals surface area contributed by atoms with Crippen molar-refractivity contribution in [2.75, 3.05) is 7.11 Å². The molecule has 0 saturated heterocycles. The summed E-state index contributed by atoms with van der Waals surface area (Å²) in [6.07, 6.45) is -0.154. The van der Waals surface area contributed by atoms with Gasteiger partial charge in [0.15, 0.2) is 0 Å². The van der Waals surface area contributed by atoms with Crippen LogP contribution in [-0.4, -0.2) is 40.0 Å². The summed E-state index contributed by atoms with van der Waals surface area (Å²) in [5.74, 6) is -2.25. The zero-order valence-corrected chi connectivity index (χ0v) is 12.6. The topological polar surface area (TPSA) is 102 Å². The highest BCUT2D eigenvalue weighted by molar-refractivity contribution is 7.74. The predicted molar refractivity (Wildman–Crippen MR) is 70.2 cm³/mol. The fraction of sp³-hybridized carbons (Fsp3) is 0.692. The van der Waals surface area contributed by atoms with Gasteiger partial charge in [-0.1, -0.05) is 6.58 Å². The molecular formula is C13H17O7S-. The molecule has 8 heteroatoms. The number of ether oxygens (including phenoxy) is 2. The molecule has 6 atom stereocenters. The molecule has 2 saturated carbocycles. The SMILES string of the molecule is C=C(C)C(=O)OC1CC2CC1C(C(=O)OC)C2OS(=O)[O-]. The van der Waals surface area contributed by atoms with E-state index >= 15 is 0 Å². The van der Waals surface area contributed by atoms with Crippen LogP contribution in [0.4, 0.5) is 0 Å². The Morgan fingerprint density at radius 1 is 1.33 bits per heavy atom. The molecule has 0 spiro atoms. The van der Waals surface area contributed by atoms with Crippen molar-refractivity contribution < 1.29 is 32.0 Å². The second kappa shape index (κ2) is 6.25. The Bertz CT molecular complexity index is 489. The second-order valence-electron chi connectivity index (χ2n) is 5.43. The Kier molecular flexibility index (Phi) is 4.80. The maximum atomic E-state index is 11.9. The molecular weight excluding hydrogens is 300 g/mol. The second-order valence-corrected chi connectivity index (χ2v) is 6.03. The normalized spacial score (nSPS) is 35.3. The molecule has 0 heterocycles. The number of fused-ring (bicyclic) bond motifs is 2. The number of hydrogen-bond donors (Lipinski definition) is 0. The van der Waals surface area contributed by atoms with E-state index in [9.17, 15) is 18.4 Å². The zero-order valence-electron chi connectivity index (χ0n) is 11.8. The van der Waals surface area contributed by atoms with Gasteiger partial charge >= 0.3 is 11.9 Å². The lowest BCUT2D eigenvalue weighted by Gasteiger charge is -2.33. The summed E-state index contributed by atoms with van der Waals surface area (Å²) in [5.41, 5.74) is 0.279. The van der Waals surface area contributed by atoms with Crippen LogP contribution in [-0.2, 0) is 34.6 Å². The largest absolute Gasteiger partial charge is 0.750 e. The molecule has 2 fully saturated rings. The summed E-state index contributed by atoms with van der Waals surface area (Å²) in [4.78, 5) is 23.5. The van der Waals surface area contributed by atoms with E-state index in [1.165, 1.54) is 7.11 Å². The Morgan fingerprint density at radius 2 is 2.00 bits per heavy atom. The summed E-state index contributed by atoms with van der Waals surface area (Å²) >= 11 is -2.71. The van der Waals surface area contributed by atoms with E-state index in [2.05, 4.69) is 6.58 Å². The van der Waals surface area contributed by atoms with Crippen LogP contribution in [0.2, 0.25) is 0 Å². The maximum Gasteiger partial charge on any atom is 0.333 e. The van der Waals surface area contributed by atoms with E-state index in [-0.39, 0.29) is 17.4 Å². The van der Waals surface area contributed by atoms with Crippen LogP contribution in [0.5, 0.6) is 0 Å². The average molecular weight is 317 g/mol. The molecule has 0 aromatic rings. The molecule has 0 aliphatic heterocycles. The first-order chi connectivity index (χ1) is 9.85. The molecule has 6 unspecified atom stereocenters. The third-order valence-electron chi connectivity index (χ3n) is 4.14. The standard InChI is InChI=1S/C13H18O7S/c1-6(2)12(14)19-9-5-7-4-8(9)10(13(15)18-3)11(7)20-21(16)17/h7-11H,1,4-5H2,2-3H3,(H,16,17)/p-1. The molecule has 2 aliphatic rings. The van der Waals surface area contributed by atoms with Gasteiger partial charge in [0.1, 0.15) is 6.10 Å². The average Bonchev–Trinajstić information content (AvgIpc) is 2.94. The summed E-state index contributed by atoms with van der Waals surface area (Å²) in [7, 11) is 1.23. The van der Waals surface area contributed by atoms with E-state index in [0.29, 0.717) is 12.8 Å². The molecule has 2 aliphatic carbocycles. The first-order valence-corrected chi connectivity index (χ1v) is 7.55. The van der Waals surface area contributed by atoms with Gasteiger partial charge in [0, 0.05) is 11.5 Å².